The lowest BCUT2D eigenvalue weighted by molar-refractivity contribution is 0.594. The second-order valence-electron chi connectivity index (χ2n) is 5.45. The minimum atomic E-state index is -3.30. The van der Waals surface area contributed by atoms with Gasteiger partial charge in [0.25, 0.3) is 0 Å². The molecule has 0 aliphatic carbocycles. The van der Waals surface area contributed by atoms with Crippen LogP contribution < -0.4 is 0 Å². The van der Waals surface area contributed by atoms with Crippen LogP contribution in [0.1, 0.15) is 6.92 Å². The first-order valence-corrected chi connectivity index (χ1v) is 10.7. The Morgan fingerprint density at radius 1 is 1.18 bits per heavy atom. The Morgan fingerprint density at radius 2 is 1.65 bits per heavy atom. The van der Waals surface area contributed by atoms with Crippen LogP contribution in [0.15, 0.2) is 47.4 Å². The standard InChI is InChI=1S/C13H20O2SSi/c1-11(2)13(17(3,4)5)16(14,15)12-9-7-6-8-10-12/h6-10,13H,1H2,2-5H3. The van der Waals surface area contributed by atoms with Gasteiger partial charge in [-0.3, -0.25) is 0 Å². The number of sulfone groups is 1. The summed E-state index contributed by atoms with van der Waals surface area (Å²) in [7, 11) is -5.15. The van der Waals surface area contributed by atoms with Gasteiger partial charge in [-0.15, -0.1) is 0 Å². The fourth-order valence-corrected chi connectivity index (χ4v) is 9.16. The minimum absolute atomic E-state index is 0.399. The van der Waals surface area contributed by atoms with Crippen molar-refractivity contribution < 1.29 is 8.42 Å². The molecule has 1 atom stereocenters. The number of hydrogen-bond donors (Lipinski definition) is 0. The Hall–Kier alpha value is -0.873. The molecule has 0 saturated heterocycles. The van der Waals surface area contributed by atoms with Crippen molar-refractivity contribution in [2.75, 3.05) is 0 Å². The molecule has 0 bridgehead atoms. The third-order valence-electron chi connectivity index (χ3n) is 2.62. The molecule has 0 aliphatic rings. The van der Waals surface area contributed by atoms with Crippen LogP contribution in [0.3, 0.4) is 0 Å². The summed E-state index contributed by atoms with van der Waals surface area (Å²) in [6, 6.07) is 8.65. The third kappa shape index (κ3) is 3.07. The Balaban J connectivity index is 3.35. The van der Waals surface area contributed by atoms with Gasteiger partial charge >= 0.3 is 0 Å². The van der Waals surface area contributed by atoms with Gasteiger partial charge in [-0.2, -0.15) is 0 Å². The second-order valence-corrected chi connectivity index (χ2v) is 13.2. The van der Waals surface area contributed by atoms with Crippen LogP contribution in [0, 0.1) is 0 Å². The van der Waals surface area contributed by atoms with E-state index in [1.54, 1.807) is 24.3 Å². The smallest absolute Gasteiger partial charge is 0.182 e. The first-order chi connectivity index (χ1) is 7.67. The summed E-state index contributed by atoms with van der Waals surface area (Å²) in [5.41, 5.74) is 0.744. The van der Waals surface area contributed by atoms with E-state index in [9.17, 15) is 8.42 Å². The molecule has 0 saturated carbocycles. The van der Waals surface area contributed by atoms with E-state index >= 15 is 0 Å². The van der Waals surface area contributed by atoms with E-state index in [-0.39, 0.29) is 0 Å². The maximum absolute atomic E-state index is 12.6. The minimum Gasteiger partial charge on any atom is -0.223 e. The van der Waals surface area contributed by atoms with E-state index in [0.717, 1.165) is 5.57 Å². The Morgan fingerprint density at radius 3 is 2.00 bits per heavy atom. The maximum Gasteiger partial charge on any atom is 0.182 e. The lowest BCUT2D eigenvalue weighted by Crippen LogP contribution is -2.44. The fourth-order valence-electron chi connectivity index (χ4n) is 2.22. The molecule has 1 rings (SSSR count). The molecule has 0 spiro atoms. The molecule has 0 N–H and O–H groups in total. The number of hydrogen-bond acceptors (Lipinski definition) is 2. The molecule has 0 amide bonds. The molecule has 1 unspecified atom stereocenters. The summed E-state index contributed by atoms with van der Waals surface area (Å²) in [5, 5.41) is 0. The summed E-state index contributed by atoms with van der Waals surface area (Å²) >= 11 is 0. The average molecular weight is 268 g/mol. The molecule has 4 heteroatoms. The van der Waals surface area contributed by atoms with Crippen molar-refractivity contribution in [2.45, 2.75) is 36.3 Å². The molecule has 0 aromatic heterocycles. The van der Waals surface area contributed by atoms with Gasteiger partial charge in [0.2, 0.25) is 0 Å². The fraction of sp³-hybridized carbons (Fsp3) is 0.385. The predicted octanol–water partition coefficient (Wildman–Crippen LogP) is 3.28. The number of rotatable bonds is 4. The second kappa shape index (κ2) is 4.78. The first-order valence-electron chi connectivity index (χ1n) is 5.61. The van der Waals surface area contributed by atoms with Gasteiger partial charge < -0.3 is 0 Å². The van der Waals surface area contributed by atoms with Crippen LogP contribution in [0.5, 0.6) is 0 Å². The van der Waals surface area contributed by atoms with Crippen molar-refractivity contribution in [3.8, 4) is 0 Å². The molecular formula is C13H20O2SSi. The quantitative estimate of drug-likeness (QED) is 0.620. The van der Waals surface area contributed by atoms with E-state index in [1.807, 2.05) is 13.0 Å². The molecule has 94 valence electrons. The van der Waals surface area contributed by atoms with Gasteiger partial charge in [0, 0.05) is 0 Å². The van der Waals surface area contributed by atoms with E-state index in [0.29, 0.717) is 4.90 Å². The van der Waals surface area contributed by atoms with Crippen LogP contribution in [0.2, 0.25) is 19.6 Å². The average Bonchev–Trinajstić information content (AvgIpc) is 2.15. The van der Waals surface area contributed by atoms with Crippen molar-refractivity contribution in [3.63, 3.8) is 0 Å². The lowest BCUT2D eigenvalue weighted by atomic mass is 10.4. The summed E-state index contributed by atoms with van der Waals surface area (Å²) in [6.07, 6.45) is 0. The monoisotopic (exact) mass is 268 g/mol. The topological polar surface area (TPSA) is 34.1 Å². The summed E-state index contributed by atoms with van der Waals surface area (Å²) < 4.78 is 25.2. The van der Waals surface area contributed by atoms with E-state index in [4.69, 9.17) is 0 Å². The SMILES string of the molecule is C=C(C)C([Si](C)(C)C)S(=O)(=O)c1ccccc1. The highest BCUT2D eigenvalue weighted by Gasteiger charge is 2.38. The zero-order valence-corrected chi connectivity index (χ0v) is 12.7. The largest absolute Gasteiger partial charge is 0.223 e. The van der Waals surface area contributed by atoms with Crippen molar-refractivity contribution >= 4 is 17.9 Å². The number of benzene rings is 1. The summed E-state index contributed by atoms with van der Waals surface area (Å²) in [6.45, 7) is 11.9. The maximum atomic E-state index is 12.6. The van der Waals surface area contributed by atoms with Crippen LogP contribution >= 0.6 is 0 Å². The van der Waals surface area contributed by atoms with Crippen molar-refractivity contribution in [3.05, 3.63) is 42.5 Å². The first kappa shape index (κ1) is 14.2. The normalized spacial score (nSPS) is 14.4. The Kier molecular flexibility index (Phi) is 3.99. The predicted molar refractivity (Wildman–Crippen MR) is 75.6 cm³/mol. The molecule has 0 aliphatic heterocycles. The molecule has 0 heterocycles. The van der Waals surface area contributed by atoms with Crippen LogP contribution in [-0.2, 0) is 9.84 Å². The molecule has 1 aromatic carbocycles. The third-order valence-corrected chi connectivity index (χ3v) is 9.69. The van der Waals surface area contributed by atoms with Gasteiger partial charge in [-0.25, -0.2) is 8.42 Å². The van der Waals surface area contributed by atoms with E-state index < -0.39 is 22.8 Å². The van der Waals surface area contributed by atoms with E-state index in [2.05, 4.69) is 26.2 Å². The molecule has 2 nitrogen and oxygen atoms in total. The van der Waals surface area contributed by atoms with Crippen molar-refractivity contribution in [1.29, 1.82) is 0 Å². The summed E-state index contributed by atoms with van der Waals surface area (Å²) in [4.78, 5) is -0.0205. The van der Waals surface area contributed by atoms with Gasteiger partial charge in [-0.05, 0) is 19.1 Å². The van der Waals surface area contributed by atoms with Gasteiger partial charge in [0.15, 0.2) is 9.84 Å². The van der Waals surface area contributed by atoms with Gasteiger partial charge in [-0.1, -0.05) is 50.0 Å². The highest BCUT2D eigenvalue weighted by molar-refractivity contribution is 7.94. The van der Waals surface area contributed by atoms with Crippen LogP contribution in [0.25, 0.3) is 0 Å². The van der Waals surface area contributed by atoms with Crippen LogP contribution in [0.4, 0.5) is 0 Å². The van der Waals surface area contributed by atoms with Crippen molar-refractivity contribution in [2.24, 2.45) is 0 Å². The summed E-state index contributed by atoms with van der Waals surface area (Å²) in [5.74, 6) is 0. The van der Waals surface area contributed by atoms with E-state index in [1.165, 1.54) is 0 Å². The van der Waals surface area contributed by atoms with Gasteiger partial charge in [0.1, 0.15) is 0 Å². The molecule has 0 radical (unpaired) electrons. The molecule has 1 aromatic rings. The Bertz CT molecular complexity index is 498. The zero-order chi connectivity index (χ0) is 13.3. The molecular weight excluding hydrogens is 248 g/mol. The highest BCUT2D eigenvalue weighted by Crippen LogP contribution is 2.27. The van der Waals surface area contributed by atoms with Crippen molar-refractivity contribution in [1.82, 2.24) is 0 Å². The van der Waals surface area contributed by atoms with Gasteiger partial charge in [0.05, 0.1) is 17.8 Å². The Labute approximate surface area is 105 Å². The highest BCUT2D eigenvalue weighted by atomic mass is 32.2. The lowest BCUT2D eigenvalue weighted by Gasteiger charge is -2.29. The van der Waals surface area contributed by atoms with Crippen LogP contribution in [-0.4, -0.2) is 21.4 Å². The zero-order valence-electron chi connectivity index (χ0n) is 10.9. The molecule has 17 heavy (non-hydrogen) atoms. The molecule has 0 fully saturated rings.